The van der Waals surface area contributed by atoms with E-state index in [2.05, 4.69) is 40.0 Å². The lowest BCUT2D eigenvalue weighted by atomic mass is 10.2. The highest BCUT2D eigenvalue weighted by molar-refractivity contribution is 7.23. The molecule has 30 heavy (non-hydrogen) atoms. The van der Waals surface area contributed by atoms with Crippen LogP contribution in [0.2, 0.25) is 0 Å². The van der Waals surface area contributed by atoms with Crippen molar-refractivity contribution in [1.82, 2.24) is 24.7 Å². The van der Waals surface area contributed by atoms with Crippen LogP contribution in [0.25, 0.3) is 31.8 Å². The van der Waals surface area contributed by atoms with Gasteiger partial charge in [0.25, 0.3) is 0 Å². The van der Waals surface area contributed by atoms with Crippen molar-refractivity contribution in [2.45, 2.75) is 26.4 Å². The average molecular weight is 418 g/mol. The number of benzene rings is 1. The lowest BCUT2D eigenvalue weighted by Gasteiger charge is -2.05. The molecular formula is C23H23N5OS. The number of aromatic nitrogens is 5. The lowest BCUT2D eigenvalue weighted by molar-refractivity contribution is 0.118. The molecule has 0 saturated carbocycles. The number of hydrogen-bond donors (Lipinski definition) is 1. The number of rotatable bonds is 7. The highest BCUT2D eigenvalue weighted by Crippen LogP contribution is 2.37. The number of aromatic amines is 1. The molecule has 0 aliphatic rings. The molecule has 0 fully saturated rings. The second-order valence-corrected chi connectivity index (χ2v) is 8.47. The van der Waals surface area contributed by atoms with Crippen LogP contribution in [0.4, 0.5) is 0 Å². The number of fused-ring (bicyclic) bond motifs is 3. The topological polar surface area (TPSA) is 68.6 Å². The molecule has 0 atom stereocenters. The summed E-state index contributed by atoms with van der Waals surface area (Å²) in [5.74, 6) is 1.07. The second kappa shape index (κ2) is 8.01. The molecular weight excluding hydrogens is 394 g/mol. The molecule has 5 rings (SSSR count). The Hall–Kier alpha value is -3.03. The number of thiophene rings is 1. The van der Waals surface area contributed by atoms with Gasteiger partial charge >= 0.3 is 0 Å². The SMILES string of the molecule is Cc1nc2cc(-c3ccn[nH]3)sc2c2c1nc(CCCOCc1ccccc1)n2C. The normalized spacial score (nSPS) is 11.7. The van der Waals surface area contributed by atoms with E-state index in [4.69, 9.17) is 14.7 Å². The summed E-state index contributed by atoms with van der Waals surface area (Å²) >= 11 is 1.73. The van der Waals surface area contributed by atoms with Crippen LogP contribution >= 0.6 is 11.3 Å². The minimum atomic E-state index is 0.651. The molecule has 152 valence electrons. The van der Waals surface area contributed by atoms with Gasteiger partial charge in [-0.25, -0.2) is 9.97 Å². The van der Waals surface area contributed by atoms with Crippen LogP contribution in [-0.2, 0) is 24.8 Å². The number of imidazole rings is 1. The van der Waals surface area contributed by atoms with Gasteiger partial charge in [0.15, 0.2) is 0 Å². The first kappa shape index (κ1) is 19.0. The predicted octanol–water partition coefficient (Wildman–Crippen LogP) is 5.03. The summed E-state index contributed by atoms with van der Waals surface area (Å²) in [6, 6.07) is 14.4. The van der Waals surface area contributed by atoms with Crippen molar-refractivity contribution >= 4 is 32.6 Å². The molecule has 7 heteroatoms. The van der Waals surface area contributed by atoms with Gasteiger partial charge in [-0.05, 0) is 31.0 Å². The van der Waals surface area contributed by atoms with Gasteiger partial charge in [-0.2, -0.15) is 5.10 Å². The Morgan fingerprint density at radius 2 is 2.00 bits per heavy atom. The van der Waals surface area contributed by atoms with Gasteiger partial charge in [-0.3, -0.25) is 5.10 Å². The Bertz CT molecular complexity index is 1290. The first-order valence-corrected chi connectivity index (χ1v) is 10.9. The van der Waals surface area contributed by atoms with Crippen LogP contribution in [0.3, 0.4) is 0 Å². The lowest BCUT2D eigenvalue weighted by Crippen LogP contribution is -2.02. The summed E-state index contributed by atoms with van der Waals surface area (Å²) in [5, 5.41) is 7.12. The average Bonchev–Trinajstić information content (AvgIpc) is 3.48. The largest absolute Gasteiger partial charge is 0.377 e. The Balaban J connectivity index is 1.36. The molecule has 0 saturated heterocycles. The molecule has 4 heterocycles. The monoisotopic (exact) mass is 417 g/mol. The molecule has 0 bridgehead atoms. The minimum absolute atomic E-state index is 0.651. The van der Waals surface area contributed by atoms with Gasteiger partial charge in [0.05, 0.1) is 38.6 Å². The van der Waals surface area contributed by atoms with Crippen LogP contribution in [0.1, 0.15) is 23.5 Å². The number of nitrogens with zero attached hydrogens (tertiary/aromatic N) is 4. The summed E-state index contributed by atoms with van der Waals surface area (Å²) in [6.07, 6.45) is 3.58. The van der Waals surface area contributed by atoms with E-state index in [0.29, 0.717) is 13.2 Å². The van der Waals surface area contributed by atoms with E-state index >= 15 is 0 Å². The van der Waals surface area contributed by atoms with Crippen LogP contribution in [-0.4, -0.2) is 31.3 Å². The molecule has 0 spiro atoms. The Kier molecular flexibility index (Phi) is 5.06. The fourth-order valence-electron chi connectivity index (χ4n) is 3.77. The van der Waals surface area contributed by atoms with E-state index < -0.39 is 0 Å². The maximum absolute atomic E-state index is 5.84. The Morgan fingerprint density at radius 1 is 1.13 bits per heavy atom. The van der Waals surface area contributed by atoms with E-state index in [1.54, 1.807) is 17.5 Å². The summed E-state index contributed by atoms with van der Waals surface area (Å²) < 4.78 is 9.22. The fourth-order valence-corrected chi connectivity index (χ4v) is 4.92. The maximum atomic E-state index is 5.84. The number of hydrogen-bond acceptors (Lipinski definition) is 5. The molecule has 0 amide bonds. The molecule has 0 aliphatic carbocycles. The van der Waals surface area contributed by atoms with E-state index in [1.807, 2.05) is 31.2 Å². The van der Waals surface area contributed by atoms with Crippen LogP contribution < -0.4 is 0 Å². The van der Waals surface area contributed by atoms with Gasteiger partial charge in [-0.1, -0.05) is 30.3 Å². The predicted molar refractivity (Wildman–Crippen MR) is 121 cm³/mol. The van der Waals surface area contributed by atoms with Crippen molar-refractivity contribution in [1.29, 1.82) is 0 Å². The Labute approximate surface area is 178 Å². The van der Waals surface area contributed by atoms with Crippen molar-refractivity contribution in [3.05, 3.63) is 65.7 Å². The van der Waals surface area contributed by atoms with Crippen molar-refractivity contribution in [3.63, 3.8) is 0 Å². The molecule has 0 aliphatic heterocycles. The van der Waals surface area contributed by atoms with Crippen molar-refractivity contribution in [3.8, 4) is 10.6 Å². The van der Waals surface area contributed by atoms with Gasteiger partial charge in [0.1, 0.15) is 11.3 Å². The van der Waals surface area contributed by atoms with Crippen molar-refractivity contribution < 1.29 is 4.74 Å². The number of H-pyrrole nitrogens is 1. The molecule has 0 radical (unpaired) electrons. The van der Waals surface area contributed by atoms with Gasteiger partial charge in [0.2, 0.25) is 0 Å². The highest BCUT2D eigenvalue weighted by Gasteiger charge is 2.17. The van der Waals surface area contributed by atoms with E-state index in [9.17, 15) is 0 Å². The molecule has 0 unspecified atom stereocenters. The van der Waals surface area contributed by atoms with Crippen molar-refractivity contribution in [2.75, 3.05) is 6.61 Å². The van der Waals surface area contributed by atoms with Gasteiger partial charge in [-0.15, -0.1) is 11.3 Å². The van der Waals surface area contributed by atoms with Gasteiger partial charge in [0, 0.05) is 26.3 Å². The van der Waals surface area contributed by atoms with Crippen LogP contribution in [0.15, 0.2) is 48.7 Å². The smallest absolute Gasteiger partial charge is 0.111 e. The Morgan fingerprint density at radius 3 is 2.80 bits per heavy atom. The molecule has 1 N–H and O–H groups in total. The molecule has 1 aromatic carbocycles. The number of nitrogens with one attached hydrogen (secondary N) is 1. The highest BCUT2D eigenvalue weighted by atomic mass is 32.1. The molecule has 6 nitrogen and oxygen atoms in total. The molecule has 5 aromatic rings. The third-order valence-electron chi connectivity index (χ3n) is 5.31. The first-order chi connectivity index (χ1) is 14.7. The summed E-state index contributed by atoms with van der Waals surface area (Å²) in [4.78, 5) is 10.9. The summed E-state index contributed by atoms with van der Waals surface area (Å²) in [7, 11) is 2.10. The van der Waals surface area contributed by atoms with Crippen LogP contribution in [0, 0.1) is 6.92 Å². The van der Waals surface area contributed by atoms with E-state index in [-0.39, 0.29) is 0 Å². The maximum Gasteiger partial charge on any atom is 0.111 e. The fraction of sp³-hybridized carbons (Fsp3) is 0.261. The molecule has 4 aromatic heterocycles. The first-order valence-electron chi connectivity index (χ1n) is 10.1. The van der Waals surface area contributed by atoms with Crippen molar-refractivity contribution in [2.24, 2.45) is 7.05 Å². The number of pyridine rings is 1. The van der Waals surface area contributed by atoms with E-state index in [1.165, 1.54) is 10.3 Å². The standard InChI is InChI=1S/C23H23N5OS/c1-15-21-22(23-18(25-15)13-19(30-23)17-10-11-24-27-17)28(2)20(26-21)9-6-12-29-14-16-7-4-3-5-8-16/h3-5,7-8,10-11,13H,6,9,12,14H2,1-2H3,(H,24,27). The second-order valence-electron chi connectivity index (χ2n) is 7.42. The summed E-state index contributed by atoms with van der Waals surface area (Å²) in [5.41, 5.74) is 6.34. The quantitative estimate of drug-likeness (QED) is 0.377. The van der Waals surface area contributed by atoms with Crippen LogP contribution in [0.5, 0.6) is 0 Å². The third-order valence-corrected chi connectivity index (χ3v) is 6.48. The zero-order valence-electron chi connectivity index (χ0n) is 17.1. The zero-order valence-corrected chi connectivity index (χ0v) is 17.9. The third kappa shape index (κ3) is 3.51. The van der Waals surface area contributed by atoms with Gasteiger partial charge < -0.3 is 9.30 Å². The minimum Gasteiger partial charge on any atom is -0.377 e. The number of aryl methyl sites for hydroxylation is 3. The zero-order chi connectivity index (χ0) is 20.5. The summed E-state index contributed by atoms with van der Waals surface area (Å²) in [6.45, 7) is 3.40. The number of ether oxygens (including phenoxy) is 1. The van der Waals surface area contributed by atoms with E-state index in [0.717, 1.165) is 51.5 Å².